The number of halogens is 2. The van der Waals surface area contributed by atoms with E-state index in [2.05, 4.69) is 20.2 Å². The summed E-state index contributed by atoms with van der Waals surface area (Å²) in [6.07, 6.45) is 0. The molecule has 34 heavy (non-hydrogen) atoms. The first kappa shape index (κ1) is 24.5. The van der Waals surface area contributed by atoms with E-state index in [-0.39, 0.29) is 20.1 Å². The van der Waals surface area contributed by atoms with Crippen LogP contribution < -0.4 is 10.0 Å². The van der Waals surface area contributed by atoms with Crippen molar-refractivity contribution in [1.29, 1.82) is 0 Å². The van der Waals surface area contributed by atoms with Crippen molar-refractivity contribution in [1.82, 2.24) is 10.2 Å². The van der Waals surface area contributed by atoms with Crippen LogP contribution in [-0.4, -0.2) is 24.5 Å². The van der Waals surface area contributed by atoms with Crippen molar-refractivity contribution in [2.45, 2.75) is 15.0 Å². The number of nitrogens with zero attached hydrogens (tertiary/aromatic N) is 2. The van der Waals surface area contributed by atoms with E-state index < -0.39 is 15.9 Å². The van der Waals surface area contributed by atoms with Crippen LogP contribution in [0, 0.1) is 0 Å². The van der Waals surface area contributed by atoms with Gasteiger partial charge in [-0.15, -0.1) is 22.0 Å². The van der Waals surface area contributed by atoms with E-state index in [4.69, 9.17) is 23.2 Å². The van der Waals surface area contributed by atoms with E-state index in [1.54, 1.807) is 23.9 Å². The molecule has 4 aromatic rings. The zero-order chi connectivity index (χ0) is 24.1. The van der Waals surface area contributed by atoms with Gasteiger partial charge < -0.3 is 0 Å². The maximum absolute atomic E-state index is 12.7. The van der Waals surface area contributed by atoms with Gasteiger partial charge in [0.15, 0.2) is 0 Å². The molecule has 1 amide bonds. The summed E-state index contributed by atoms with van der Waals surface area (Å²) in [5, 5.41) is 10.5. The summed E-state index contributed by atoms with van der Waals surface area (Å²) < 4.78 is 27.6. The summed E-state index contributed by atoms with van der Waals surface area (Å²) in [5.41, 5.74) is 1.62. The molecule has 2 N–H and O–H groups in total. The van der Waals surface area contributed by atoms with E-state index in [1.165, 1.54) is 18.2 Å². The van der Waals surface area contributed by atoms with Crippen LogP contribution >= 0.6 is 46.3 Å². The van der Waals surface area contributed by atoms with Crippen molar-refractivity contribution < 1.29 is 13.2 Å². The lowest BCUT2D eigenvalue weighted by Crippen LogP contribution is -2.12. The second-order valence-corrected chi connectivity index (χ2v) is 11.6. The molecule has 1 heterocycles. The predicted octanol–water partition coefficient (Wildman–Crippen LogP) is 6.19. The summed E-state index contributed by atoms with van der Waals surface area (Å²) >= 11 is 14.3. The highest BCUT2D eigenvalue weighted by molar-refractivity contribution is 7.98. The Morgan fingerprint density at radius 2 is 1.71 bits per heavy atom. The minimum atomic E-state index is -3.98. The van der Waals surface area contributed by atoms with E-state index in [0.717, 1.165) is 27.5 Å². The van der Waals surface area contributed by atoms with Crippen LogP contribution in [0.4, 0.5) is 10.8 Å². The lowest BCUT2D eigenvalue weighted by molar-refractivity contribution is 0.102. The number of hydrogen-bond donors (Lipinski definition) is 2. The van der Waals surface area contributed by atoms with E-state index in [1.807, 2.05) is 42.5 Å². The Kier molecular flexibility index (Phi) is 7.74. The van der Waals surface area contributed by atoms with Gasteiger partial charge in [-0.25, -0.2) is 0 Å². The lowest BCUT2D eigenvalue weighted by atomic mass is 10.2. The Morgan fingerprint density at radius 3 is 2.41 bits per heavy atom. The van der Waals surface area contributed by atoms with Crippen LogP contribution in [0.15, 0.2) is 82.0 Å². The van der Waals surface area contributed by atoms with E-state index in [0.29, 0.717) is 10.7 Å². The number of aromatic nitrogens is 2. The number of benzene rings is 3. The number of rotatable bonds is 8. The van der Waals surface area contributed by atoms with Crippen molar-refractivity contribution in [3.05, 3.63) is 94.0 Å². The number of thioether (sulfide) groups is 1. The number of carbonyl (C=O) groups is 1. The average Bonchev–Trinajstić information content (AvgIpc) is 3.28. The third-order valence-electron chi connectivity index (χ3n) is 4.39. The van der Waals surface area contributed by atoms with Gasteiger partial charge in [-0.1, -0.05) is 64.9 Å². The van der Waals surface area contributed by atoms with Crippen LogP contribution in [0.5, 0.6) is 0 Å². The van der Waals surface area contributed by atoms with Gasteiger partial charge in [-0.3, -0.25) is 14.8 Å². The molecule has 174 valence electrons. The molecule has 3 aromatic carbocycles. The predicted molar refractivity (Wildman–Crippen MR) is 138 cm³/mol. The number of sulfonamides is 1. The van der Waals surface area contributed by atoms with Crippen molar-refractivity contribution >= 4 is 73.0 Å². The monoisotopic (exact) mass is 550 g/mol. The third-order valence-corrected chi connectivity index (χ3v) is 8.61. The number of nitrogens with one attached hydrogen (secondary N) is 2. The van der Waals surface area contributed by atoms with E-state index >= 15 is 0 Å². The Hall–Kier alpha value is -2.63. The van der Waals surface area contributed by atoms with Gasteiger partial charge in [-0.2, -0.15) is 8.42 Å². The Bertz CT molecular complexity index is 1410. The summed E-state index contributed by atoms with van der Waals surface area (Å²) in [5.74, 6) is 0.201. The molecule has 1 aromatic heterocycles. The Balaban J connectivity index is 1.38. The van der Waals surface area contributed by atoms with Gasteiger partial charge in [-0.05, 0) is 48.0 Å². The van der Waals surface area contributed by atoms with Gasteiger partial charge >= 0.3 is 0 Å². The molecule has 0 unspecified atom stereocenters. The molecule has 4 rings (SSSR count). The lowest BCUT2D eigenvalue weighted by Gasteiger charge is -2.07. The molecule has 0 spiro atoms. The van der Waals surface area contributed by atoms with Gasteiger partial charge in [0.25, 0.3) is 20.3 Å². The number of hydrogen-bond acceptors (Lipinski definition) is 7. The standard InChI is InChI=1S/C22H16Cl2N4O3S3/c23-15-8-11-18(19(24)12-15)20(29)25-21-26-27-22(33-21)34(30,31)28-16-9-6-14(7-10-16)13-32-17-4-2-1-3-5-17/h1-12,28H,13H2,(H,25,26,29). The van der Waals surface area contributed by atoms with Gasteiger partial charge in [0.2, 0.25) is 5.13 Å². The molecule has 12 heteroatoms. The minimum Gasteiger partial charge on any atom is -0.296 e. The fourth-order valence-corrected chi connectivity index (χ4v) is 6.08. The molecule has 0 radical (unpaired) electrons. The second kappa shape index (κ2) is 10.7. The molecule has 0 aliphatic carbocycles. The molecule has 7 nitrogen and oxygen atoms in total. The zero-order valence-electron chi connectivity index (χ0n) is 17.2. The number of amides is 1. The largest absolute Gasteiger partial charge is 0.296 e. The maximum atomic E-state index is 12.7. The van der Waals surface area contributed by atoms with Gasteiger partial charge in [0, 0.05) is 21.4 Å². The van der Waals surface area contributed by atoms with Crippen LogP contribution in [0.3, 0.4) is 0 Å². The smallest absolute Gasteiger partial charge is 0.291 e. The fourth-order valence-electron chi connectivity index (χ4n) is 2.76. The summed E-state index contributed by atoms with van der Waals surface area (Å²) in [6.45, 7) is 0. The maximum Gasteiger partial charge on any atom is 0.291 e. The molecule has 0 bridgehead atoms. The molecule has 0 fully saturated rings. The Morgan fingerprint density at radius 1 is 0.971 bits per heavy atom. The van der Waals surface area contributed by atoms with Crippen molar-refractivity contribution in [3.63, 3.8) is 0 Å². The highest BCUT2D eigenvalue weighted by Crippen LogP contribution is 2.27. The van der Waals surface area contributed by atoms with Crippen molar-refractivity contribution in [2.24, 2.45) is 0 Å². The Labute approximate surface area is 214 Å². The van der Waals surface area contributed by atoms with Gasteiger partial charge in [0.1, 0.15) is 0 Å². The first-order valence-electron chi connectivity index (χ1n) is 9.70. The SMILES string of the molecule is O=C(Nc1nnc(S(=O)(=O)Nc2ccc(CSc3ccccc3)cc2)s1)c1ccc(Cl)cc1Cl. The average molecular weight is 552 g/mol. The third kappa shape index (κ3) is 6.28. The minimum absolute atomic E-state index is 0.0182. The van der Waals surface area contributed by atoms with Gasteiger partial charge in [0.05, 0.1) is 10.6 Å². The summed E-state index contributed by atoms with van der Waals surface area (Å²) in [6, 6.07) is 21.5. The van der Waals surface area contributed by atoms with Crippen LogP contribution in [0.25, 0.3) is 0 Å². The molecule has 0 saturated carbocycles. The quantitative estimate of drug-likeness (QED) is 0.200. The molecule has 0 aliphatic heterocycles. The fraction of sp³-hybridized carbons (Fsp3) is 0.0455. The van der Waals surface area contributed by atoms with Crippen molar-refractivity contribution in [3.8, 4) is 0 Å². The number of anilines is 2. The molecule has 0 saturated heterocycles. The topological polar surface area (TPSA) is 101 Å². The van der Waals surface area contributed by atoms with Crippen LogP contribution in [-0.2, 0) is 15.8 Å². The first-order chi connectivity index (χ1) is 16.3. The summed E-state index contributed by atoms with van der Waals surface area (Å²) in [7, 11) is -3.98. The molecular formula is C22H16Cl2N4O3S3. The highest BCUT2D eigenvalue weighted by Gasteiger charge is 2.22. The van der Waals surface area contributed by atoms with Crippen LogP contribution in [0.2, 0.25) is 10.0 Å². The highest BCUT2D eigenvalue weighted by atomic mass is 35.5. The van der Waals surface area contributed by atoms with E-state index in [9.17, 15) is 13.2 Å². The molecular weight excluding hydrogens is 535 g/mol. The summed E-state index contributed by atoms with van der Waals surface area (Å²) in [4.78, 5) is 13.6. The normalized spacial score (nSPS) is 11.2. The molecule has 0 aliphatic rings. The van der Waals surface area contributed by atoms with Crippen LogP contribution in [0.1, 0.15) is 15.9 Å². The zero-order valence-corrected chi connectivity index (χ0v) is 21.2. The number of carbonyl (C=O) groups excluding carboxylic acids is 1. The van der Waals surface area contributed by atoms with Crippen molar-refractivity contribution in [2.75, 3.05) is 10.0 Å². The second-order valence-electron chi connectivity index (χ2n) is 6.86. The first-order valence-corrected chi connectivity index (χ1v) is 13.7. The molecule has 0 atom stereocenters.